The summed E-state index contributed by atoms with van der Waals surface area (Å²) < 4.78 is 39.0. The van der Waals surface area contributed by atoms with E-state index in [2.05, 4.69) is 20.2 Å². The second-order valence-electron chi connectivity index (χ2n) is 6.16. The maximum atomic E-state index is 13.0. The highest BCUT2D eigenvalue weighted by molar-refractivity contribution is 6.03. The van der Waals surface area contributed by atoms with Gasteiger partial charge in [-0.05, 0) is 25.0 Å². The van der Waals surface area contributed by atoms with Crippen molar-refractivity contribution in [2.24, 2.45) is 0 Å². The summed E-state index contributed by atoms with van der Waals surface area (Å²) in [6.07, 6.45) is 2.77. The molecule has 1 amide bonds. The molecule has 0 bridgehead atoms. The smallest absolute Gasteiger partial charge is 0.355 e. The summed E-state index contributed by atoms with van der Waals surface area (Å²) in [7, 11) is 0. The monoisotopic (exact) mass is 364 g/mol. The van der Waals surface area contributed by atoms with E-state index in [-0.39, 0.29) is 11.4 Å². The molecule has 5 nitrogen and oxygen atoms in total. The molecule has 0 saturated carbocycles. The van der Waals surface area contributed by atoms with Crippen molar-refractivity contribution in [1.82, 2.24) is 9.97 Å². The summed E-state index contributed by atoms with van der Waals surface area (Å²) in [6.45, 7) is 1.78. The minimum atomic E-state index is -4.55. The van der Waals surface area contributed by atoms with Crippen LogP contribution in [-0.2, 0) is 6.18 Å². The van der Waals surface area contributed by atoms with E-state index in [0.717, 1.165) is 32.0 Å². The highest BCUT2D eigenvalue weighted by atomic mass is 19.4. The molecule has 0 unspecified atom stereocenters. The molecule has 2 heterocycles. The molecule has 26 heavy (non-hydrogen) atoms. The van der Waals surface area contributed by atoms with Crippen molar-refractivity contribution in [2.75, 3.05) is 23.3 Å². The number of anilines is 2. The van der Waals surface area contributed by atoms with Gasteiger partial charge in [0.05, 0.1) is 23.6 Å². The number of hydrogen-bond donors (Lipinski definition) is 1. The summed E-state index contributed by atoms with van der Waals surface area (Å²) in [5.74, 6) is -0.0456. The molecule has 2 aromatic rings. The number of para-hydroxylation sites is 1. The Labute approximate surface area is 149 Å². The molecule has 0 radical (unpaired) electrons. The minimum absolute atomic E-state index is 0.0273. The van der Waals surface area contributed by atoms with Crippen LogP contribution in [0.1, 0.15) is 41.7 Å². The van der Waals surface area contributed by atoms with Gasteiger partial charge in [-0.2, -0.15) is 13.2 Å². The van der Waals surface area contributed by atoms with Crippen molar-refractivity contribution in [3.63, 3.8) is 0 Å². The number of halogens is 3. The van der Waals surface area contributed by atoms with Gasteiger partial charge < -0.3 is 10.2 Å². The number of hydrogen-bond acceptors (Lipinski definition) is 4. The number of rotatable bonds is 3. The summed E-state index contributed by atoms with van der Waals surface area (Å²) in [6, 6.07) is 4.83. The second-order valence-corrected chi connectivity index (χ2v) is 6.16. The zero-order chi connectivity index (χ0) is 18.6. The molecule has 1 saturated heterocycles. The Hall–Kier alpha value is -2.64. The average molecular weight is 364 g/mol. The Kier molecular flexibility index (Phi) is 5.39. The van der Waals surface area contributed by atoms with Crippen molar-refractivity contribution < 1.29 is 18.0 Å². The van der Waals surface area contributed by atoms with Gasteiger partial charge in [-0.1, -0.05) is 25.0 Å². The van der Waals surface area contributed by atoms with Crippen LogP contribution in [0.25, 0.3) is 0 Å². The van der Waals surface area contributed by atoms with Gasteiger partial charge in [0.25, 0.3) is 5.91 Å². The van der Waals surface area contributed by atoms with Crippen molar-refractivity contribution in [2.45, 2.75) is 31.9 Å². The number of alkyl halides is 3. The third-order valence-corrected chi connectivity index (χ3v) is 4.28. The number of nitrogens with zero attached hydrogens (tertiary/aromatic N) is 3. The molecule has 3 rings (SSSR count). The van der Waals surface area contributed by atoms with Gasteiger partial charge in [0.2, 0.25) is 0 Å². The van der Waals surface area contributed by atoms with Crippen LogP contribution < -0.4 is 10.2 Å². The van der Waals surface area contributed by atoms with Crippen molar-refractivity contribution in [3.05, 3.63) is 47.9 Å². The lowest BCUT2D eigenvalue weighted by molar-refractivity contribution is -0.136. The van der Waals surface area contributed by atoms with Crippen molar-refractivity contribution in [3.8, 4) is 0 Å². The van der Waals surface area contributed by atoms with Crippen molar-refractivity contribution >= 4 is 17.4 Å². The number of amides is 1. The van der Waals surface area contributed by atoms with Gasteiger partial charge in [-0.15, -0.1) is 0 Å². The first-order valence-corrected chi connectivity index (χ1v) is 8.50. The highest BCUT2D eigenvalue weighted by Crippen LogP contribution is 2.34. The highest BCUT2D eigenvalue weighted by Gasteiger charge is 2.33. The van der Waals surface area contributed by atoms with Crippen LogP contribution in [0.15, 0.2) is 36.7 Å². The molecule has 0 aliphatic carbocycles. The van der Waals surface area contributed by atoms with E-state index in [1.807, 2.05) is 0 Å². The van der Waals surface area contributed by atoms with Crippen LogP contribution in [0.2, 0.25) is 0 Å². The predicted molar refractivity (Wildman–Crippen MR) is 92.1 cm³/mol. The molecule has 1 aliphatic rings. The minimum Gasteiger partial charge on any atom is -0.355 e. The zero-order valence-electron chi connectivity index (χ0n) is 14.1. The van der Waals surface area contributed by atoms with Crippen LogP contribution in [-0.4, -0.2) is 29.0 Å². The van der Waals surface area contributed by atoms with Gasteiger partial charge in [0, 0.05) is 13.1 Å². The van der Waals surface area contributed by atoms with Gasteiger partial charge in [-0.25, -0.2) is 9.97 Å². The quantitative estimate of drug-likeness (QED) is 0.890. The Balaban J connectivity index is 1.73. The molecule has 1 aromatic heterocycles. The summed E-state index contributed by atoms with van der Waals surface area (Å²) in [5, 5.41) is 2.27. The first kappa shape index (κ1) is 18.2. The molecule has 1 aliphatic heterocycles. The van der Waals surface area contributed by atoms with E-state index in [1.165, 1.54) is 43.4 Å². The van der Waals surface area contributed by atoms with E-state index >= 15 is 0 Å². The number of benzene rings is 1. The van der Waals surface area contributed by atoms with Gasteiger partial charge in [0.15, 0.2) is 0 Å². The zero-order valence-corrected chi connectivity index (χ0v) is 14.1. The number of carbonyl (C=O) groups excluding carboxylic acids is 1. The lowest BCUT2D eigenvalue weighted by Crippen LogP contribution is -2.25. The van der Waals surface area contributed by atoms with Crippen LogP contribution >= 0.6 is 0 Å². The van der Waals surface area contributed by atoms with Crippen LogP contribution in [0.3, 0.4) is 0 Å². The van der Waals surface area contributed by atoms with E-state index in [0.29, 0.717) is 5.82 Å². The average Bonchev–Trinajstić information content (AvgIpc) is 2.91. The van der Waals surface area contributed by atoms with E-state index in [4.69, 9.17) is 0 Å². The fourth-order valence-corrected chi connectivity index (χ4v) is 2.93. The molecular formula is C18H19F3N4O. The summed E-state index contributed by atoms with van der Waals surface area (Å²) in [4.78, 5) is 22.7. The first-order chi connectivity index (χ1) is 12.4. The lowest BCUT2D eigenvalue weighted by atomic mass is 10.1. The van der Waals surface area contributed by atoms with Crippen molar-refractivity contribution in [1.29, 1.82) is 0 Å². The molecule has 0 spiro atoms. The molecular weight excluding hydrogens is 345 g/mol. The van der Waals surface area contributed by atoms with Gasteiger partial charge in [-0.3, -0.25) is 4.79 Å². The lowest BCUT2D eigenvalue weighted by Gasteiger charge is -2.20. The largest absolute Gasteiger partial charge is 0.418 e. The topological polar surface area (TPSA) is 58.1 Å². The maximum Gasteiger partial charge on any atom is 0.418 e. The van der Waals surface area contributed by atoms with Crippen LogP contribution in [0.4, 0.5) is 24.7 Å². The summed E-state index contributed by atoms with van der Waals surface area (Å²) >= 11 is 0. The fraction of sp³-hybridized carbons (Fsp3) is 0.389. The molecule has 1 aromatic carbocycles. The molecule has 138 valence electrons. The summed E-state index contributed by atoms with van der Waals surface area (Å²) in [5.41, 5.74) is -1.23. The third-order valence-electron chi connectivity index (χ3n) is 4.28. The van der Waals surface area contributed by atoms with Crippen LogP contribution in [0.5, 0.6) is 0 Å². The number of carbonyl (C=O) groups is 1. The number of nitrogens with one attached hydrogen (secondary N) is 1. The van der Waals surface area contributed by atoms with Crippen LogP contribution in [0, 0.1) is 0 Å². The Morgan fingerprint density at radius 3 is 2.31 bits per heavy atom. The molecule has 8 heteroatoms. The molecule has 1 N–H and O–H groups in total. The predicted octanol–water partition coefficient (Wildman–Crippen LogP) is 4.13. The Morgan fingerprint density at radius 2 is 1.69 bits per heavy atom. The Morgan fingerprint density at radius 1 is 1.00 bits per heavy atom. The SMILES string of the molecule is O=C(Nc1ccccc1C(F)(F)F)c1cnc(N2CCCCCC2)cn1. The standard InChI is InChI=1S/C18H19F3N4O/c19-18(20,21)13-7-3-4-8-14(13)24-17(26)15-11-23-16(12-22-15)25-9-5-1-2-6-10-25/h3-4,7-8,11-12H,1-2,5-6,9-10H2,(H,24,26). The van der Waals surface area contributed by atoms with E-state index in [9.17, 15) is 18.0 Å². The van der Waals surface area contributed by atoms with Gasteiger partial charge >= 0.3 is 6.18 Å². The van der Waals surface area contributed by atoms with E-state index in [1.54, 1.807) is 0 Å². The molecule has 0 atom stereocenters. The molecule has 1 fully saturated rings. The fourth-order valence-electron chi connectivity index (χ4n) is 2.93. The maximum absolute atomic E-state index is 13.0. The third kappa shape index (κ3) is 4.30. The van der Waals surface area contributed by atoms with Gasteiger partial charge in [0.1, 0.15) is 11.5 Å². The number of aromatic nitrogens is 2. The van der Waals surface area contributed by atoms with E-state index < -0.39 is 17.6 Å². The first-order valence-electron chi connectivity index (χ1n) is 8.50. The Bertz CT molecular complexity index is 754. The normalized spacial score (nSPS) is 15.4. The second kappa shape index (κ2) is 7.72.